The van der Waals surface area contributed by atoms with Gasteiger partial charge >= 0.3 is 0 Å². The Hall–Kier alpha value is -2.34. The van der Waals surface area contributed by atoms with E-state index in [9.17, 15) is 9.59 Å². The Bertz CT molecular complexity index is 895. The lowest BCUT2D eigenvalue weighted by Crippen LogP contribution is -2.42. The molecule has 0 spiro atoms. The van der Waals surface area contributed by atoms with Crippen molar-refractivity contribution in [2.45, 2.75) is 39.5 Å². The van der Waals surface area contributed by atoms with Gasteiger partial charge in [-0.2, -0.15) is 0 Å². The van der Waals surface area contributed by atoms with Gasteiger partial charge in [0.15, 0.2) is 6.61 Å². The van der Waals surface area contributed by atoms with Gasteiger partial charge in [0.05, 0.1) is 0 Å². The molecule has 5 nitrogen and oxygen atoms in total. The Morgan fingerprint density at radius 2 is 1.68 bits per heavy atom. The molecule has 4 rings (SSSR count). The van der Waals surface area contributed by atoms with Crippen molar-refractivity contribution in [1.82, 2.24) is 9.80 Å². The number of hydrogen-bond acceptors (Lipinski definition) is 4. The van der Waals surface area contributed by atoms with E-state index >= 15 is 0 Å². The van der Waals surface area contributed by atoms with E-state index in [1.807, 2.05) is 46.2 Å². The van der Waals surface area contributed by atoms with Crippen LogP contribution in [0.3, 0.4) is 0 Å². The van der Waals surface area contributed by atoms with Gasteiger partial charge in [-0.15, -0.1) is 11.3 Å². The fourth-order valence-electron chi connectivity index (χ4n) is 4.72. The molecule has 6 heteroatoms. The molecule has 2 amide bonds. The Morgan fingerprint density at radius 3 is 2.35 bits per heavy atom. The van der Waals surface area contributed by atoms with Crippen LogP contribution in [0.15, 0.2) is 36.4 Å². The molecule has 2 fully saturated rings. The Kier molecular flexibility index (Phi) is 6.96. The highest BCUT2D eigenvalue weighted by molar-refractivity contribution is 7.17. The van der Waals surface area contributed by atoms with Crippen molar-refractivity contribution in [3.8, 4) is 16.2 Å². The second-order valence-corrected chi connectivity index (χ2v) is 10.1. The third-order valence-electron chi connectivity index (χ3n) is 6.17. The molecule has 0 saturated carbocycles. The number of carbonyl (C=O) groups is 2. The maximum atomic E-state index is 13.5. The van der Waals surface area contributed by atoms with Crippen LogP contribution in [-0.4, -0.2) is 54.4 Å². The highest BCUT2D eigenvalue weighted by Crippen LogP contribution is 2.38. The maximum Gasteiger partial charge on any atom is 0.267 e. The lowest BCUT2D eigenvalue weighted by atomic mass is 9.92. The summed E-state index contributed by atoms with van der Waals surface area (Å²) >= 11 is 1.46. The standard InChI is InChI=1S/C25H32N2O3S/c1-18-13-19(2)16-27(15-18)25(29)24-21(14-22(31-24)20-9-5-3-6-10-20)30-17-23(28)26-11-7-4-8-12-26/h3,5-6,9-10,14,18-19H,4,7-8,11-13,15-17H2,1-2H3. The summed E-state index contributed by atoms with van der Waals surface area (Å²) in [6.07, 6.45) is 4.44. The zero-order valence-electron chi connectivity index (χ0n) is 18.5. The summed E-state index contributed by atoms with van der Waals surface area (Å²) in [6.45, 7) is 7.54. The van der Waals surface area contributed by atoms with E-state index in [2.05, 4.69) is 13.8 Å². The summed E-state index contributed by atoms with van der Waals surface area (Å²) in [5, 5.41) is 0. The molecule has 1 aromatic heterocycles. The number of likely N-dealkylation sites (tertiary alicyclic amines) is 2. The summed E-state index contributed by atoms with van der Waals surface area (Å²) in [7, 11) is 0. The smallest absolute Gasteiger partial charge is 0.267 e. The molecule has 1 aromatic carbocycles. The van der Waals surface area contributed by atoms with Gasteiger partial charge in [0.2, 0.25) is 0 Å². The van der Waals surface area contributed by atoms with Gasteiger partial charge in [0.1, 0.15) is 10.6 Å². The van der Waals surface area contributed by atoms with Crippen molar-refractivity contribution >= 4 is 23.2 Å². The molecule has 0 N–H and O–H groups in total. The van der Waals surface area contributed by atoms with E-state index in [0.717, 1.165) is 55.9 Å². The third kappa shape index (κ3) is 5.29. The number of amides is 2. The third-order valence-corrected chi connectivity index (χ3v) is 7.32. The van der Waals surface area contributed by atoms with E-state index in [4.69, 9.17) is 4.74 Å². The van der Waals surface area contributed by atoms with Crippen molar-refractivity contribution in [1.29, 1.82) is 0 Å². The molecular formula is C25H32N2O3S. The van der Waals surface area contributed by atoms with E-state index in [0.29, 0.717) is 22.5 Å². The fourth-order valence-corrected chi connectivity index (χ4v) is 5.80. The zero-order chi connectivity index (χ0) is 21.8. The average Bonchev–Trinajstić information content (AvgIpc) is 3.21. The van der Waals surface area contributed by atoms with Crippen molar-refractivity contribution in [3.63, 3.8) is 0 Å². The minimum Gasteiger partial charge on any atom is -0.482 e. The first-order valence-corrected chi connectivity index (χ1v) is 12.2. The molecule has 0 radical (unpaired) electrons. The van der Waals surface area contributed by atoms with Crippen LogP contribution in [0.1, 0.15) is 49.2 Å². The van der Waals surface area contributed by atoms with E-state index in [1.165, 1.54) is 17.8 Å². The minimum absolute atomic E-state index is 0.00535. The van der Waals surface area contributed by atoms with E-state index in [-0.39, 0.29) is 18.4 Å². The molecule has 2 saturated heterocycles. The minimum atomic E-state index is -0.0158. The molecule has 0 aliphatic carbocycles. The Morgan fingerprint density at radius 1 is 1.00 bits per heavy atom. The number of ether oxygens (including phenoxy) is 1. The van der Waals surface area contributed by atoms with Crippen LogP contribution < -0.4 is 4.74 Å². The molecule has 3 heterocycles. The second kappa shape index (κ2) is 9.86. The molecule has 166 valence electrons. The Balaban J connectivity index is 1.56. The van der Waals surface area contributed by atoms with Gasteiger partial charge in [-0.25, -0.2) is 0 Å². The summed E-state index contributed by atoms with van der Waals surface area (Å²) in [5.41, 5.74) is 1.05. The Labute approximate surface area is 189 Å². The summed E-state index contributed by atoms with van der Waals surface area (Å²) in [6, 6.07) is 12.0. The summed E-state index contributed by atoms with van der Waals surface area (Å²) < 4.78 is 5.99. The van der Waals surface area contributed by atoms with E-state index in [1.54, 1.807) is 0 Å². The predicted molar refractivity (Wildman–Crippen MR) is 125 cm³/mol. The van der Waals surface area contributed by atoms with Crippen LogP contribution in [0.5, 0.6) is 5.75 Å². The second-order valence-electron chi connectivity index (χ2n) is 9.06. The monoisotopic (exact) mass is 440 g/mol. The number of benzene rings is 1. The number of hydrogen-bond donors (Lipinski definition) is 0. The quantitative estimate of drug-likeness (QED) is 0.663. The van der Waals surface area contributed by atoms with Crippen molar-refractivity contribution in [2.75, 3.05) is 32.8 Å². The SMILES string of the molecule is CC1CC(C)CN(C(=O)c2sc(-c3ccccc3)cc2OCC(=O)N2CCCCC2)C1. The maximum absolute atomic E-state index is 13.5. The lowest BCUT2D eigenvalue weighted by molar-refractivity contribution is -0.134. The average molecular weight is 441 g/mol. The highest BCUT2D eigenvalue weighted by Gasteiger charge is 2.30. The van der Waals surface area contributed by atoms with Crippen LogP contribution in [0, 0.1) is 11.8 Å². The largest absolute Gasteiger partial charge is 0.482 e. The molecule has 2 aromatic rings. The van der Waals surface area contributed by atoms with Gasteiger partial charge in [-0.3, -0.25) is 9.59 Å². The van der Waals surface area contributed by atoms with Crippen LogP contribution in [0.25, 0.3) is 10.4 Å². The molecule has 2 aliphatic heterocycles. The van der Waals surface area contributed by atoms with Crippen molar-refractivity contribution in [2.24, 2.45) is 11.8 Å². The van der Waals surface area contributed by atoms with Crippen molar-refractivity contribution < 1.29 is 14.3 Å². The number of carbonyl (C=O) groups excluding carboxylic acids is 2. The number of nitrogens with zero attached hydrogens (tertiary/aromatic N) is 2. The van der Waals surface area contributed by atoms with Gasteiger partial charge in [-0.05, 0) is 49.1 Å². The summed E-state index contributed by atoms with van der Waals surface area (Å²) in [4.78, 5) is 31.5. The fraction of sp³-hybridized carbons (Fsp3) is 0.520. The van der Waals surface area contributed by atoms with Crippen LogP contribution in [-0.2, 0) is 4.79 Å². The topological polar surface area (TPSA) is 49.9 Å². The molecule has 2 unspecified atom stereocenters. The first-order chi connectivity index (χ1) is 15.0. The zero-order valence-corrected chi connectivity index (χ0v) is 19.3. The van der Waals surface area contributed by atoms with E-state index < -0.39 is 0 Å². The molecule has 31 heavy (non-hydrogen) atoms. The van der Waals surface area contributed by atoms with Gasteiger partial charge in [-0.1, -0.05) is 44.2 Å². The first-order valence-electron chi connectivity index (χ1n) is 11.4. The predicted octanol–water partition coefficient (Wildman–Crippen LogP) is 4.92. The van der Waals surface area contributed by atoms with Crippen molar-refractivity contribution in [3.05, 3.63) is 41.3 Å². The van der Waals surface area contributed by atoms with Gasteiger partial charge < -0.3 is 14.5 Å². The number of piperidine rings is 2. The highest BCUT2D eigenvalue weighted by atomic mass is 32.1. The molecule has 0 bridgehead atoms. The van der Waals surface area contributed by atoms with Crippen LogP contribution in [0.2, 0.25) is 0 Å². The number of thiophene rings is 1. The summed E-state index contributed by atoms with van der Waals surface area (Å²) in [5.74, 6) is 1.54. The molecule has 2 atom stereocenters. The van der Waals surface area contributed by atoms with Crippen LogP contribution in [0.4, 0.5) is 0 Å². The lowest BCUT2D eigenvalue weighted by Gasteiger charge is -2.34. The normalized spacial score (nSPS) is 21.7. The molecule has 2 aliphatic rings. The van der Waals surface area contributed by atoms with Crippen LogP contribution >= 0.6 is 11.3 Å². The number of rotatable bonds is 5. The first kappa shape index (κ1) is 21.9. The molecular weight excluding hydrogens is 408 g/mol. The van der Waals surface area contributed by atoms with Gasteiger partial charge in [0.25, 0.3) is 11.8 Å². The van der Waals surface area contributed by atoms with Gasteiger partial charge in [0, 0.05) is 31.1 Å².